The second kappa shape index (κ2) is 7.12. The number of nitrogens with zero attached hydrogens (tertiary/aromatic N) is 3. The van der Waals surface area contributed by atoms with Gasteiger partial charge in [-0.3, -0.25) is 9.20 Å². The minimum absolute atomic E-state index is 0.204. The molecule has 0 radical (unpaired) electrons. The van der Waals surface area contributed by atoms with E-state index in [0.717, 1.165) is 37.2 Å². The zero-order chi connectivity index (χ0) is 25.0. The molecule has 38 heavy (non-hydrogen) atoms. The Morgan fingerprint density at radius 1 is 0.553 bits per heavy atom. The summed E-state index contributed by atoms with van der Waals surface area (Å²) in [5.74, 6) is 0. The van der Waals surface area contributed by atoms with Crippen molar-refractivity contribution in [3.8, 4) is 11.1 Å². The molecule has 0 unspecified atom stereocenters. The van der Waals surface area contributed by atoms with E-state index in [2.05, 4.69) is 77.8 Å². The van der Waals surface area contributed by atoms with Crippen molar-refractivity contribution in [3.63, 3.8) is 0 Å². The largest absolute Gasteiger partial charge is 0.281 e. The number of hydrogen-bond donors (Lipinski definition) is 0. The zero-order valence-electron chi connectivity index (χ0n) is 20.0. The van der Waals surface area contributed by atoms with Crippen molar-refractivity contribution in [1.29, 1.82) is 0 Å². The van der Waals surface area contributed by atoms with Crippen molar-refractivity contribution in [2.45, 2.75) is 0 Å². The summed E-state index contributed by atoms with van der Waals surface area (Å²) in [6.07, 6.45) is 0. The number of para-hydroxylation sites is 1. The molecule has 0 atom stereocenters. The molecule has 0 aliphatic heterocycles. The highest BCUT2D eigenvalue weighted by Crippen LogP contribution is 2.39. The van der Waals surface area contributed by atoms with Crippen LogP contribution in [0, 0.1) is 0 Å². The Kier molecular flexibility index (Phi) is 3.79. The third kappa shape index (κ3) is 2.56. The van der Waals surface area contributed by atoms with Gasteiger partial charge in [-0.05, 0) is 73.8 Å². The first kappa shape index (κ1) is 20.2. The van der Waals surface area contributed by atoms with Gasteiger partial charge in [0.1, 0.15) is 0 Å². The van der Waals surface area contributed by atoms with Gasteiger partial charge in [0.15, 0.2) is 10.6 Å². The summed E-state index contributed by atoms with van der Waals surface area (Å²) in [4.78, 5) is 23.7. The summed E-state index contributed by atoms with van der Waals surface area (Å²) in [7, 11) is 0. The Morgan fingerprint density at radius 3 is 1.89 bits per heavy atom. The van der Waals surface area contributed by atoms with Crippen LogP contribution in [0.15, 0.2) is 108 Å². The highest BCUT2D eigenvalue weighted by Gasteiger charge is 2.19. The molecule has 5 heteroatoms. The highest BCUT2D eigenvalue weighted by atomic mass is 32.1. The predicted octanol–water partition coefficient (Wildman–Crippen LogP) is 8.18. The minimum atomic E-state index is -0.204. The molecule has 6 aromatic carbocycles. The van der Waals surface area contributed by atoms with Crippen molar-refractivity contribution in [1.82, 2.24) is 14.4 Å². The molecule has 9 aromatic rings. The van der Waals surface area contributed by atoms with Crippen LogP contribution in [0.5, 0.6) is 0 Å². The summed E-state index contributed by atoms with van der Waals surface area (Å²) in [5, 5.41) is 8.95. The fourth-order valence-corrected chi connectivity index (χ4v) is 7.19. The molecule has 0 spiro atoms. The van der Waals surface area contributed by atoms with Crippen LogP contribution in [0.1, 0.15) is 0 Å². The van der Waals surface area contributed by atoms with Gasteiger partial charge < -0.3 is 0 Å². The summed E-state index contributed by atoms with van der Waals surface area (Å²) < 4.78 is 3.08. The van der Waals surface area contributed by atoms with Crippen molar-refractivity contribution in [3.05, 3.63) is 113 Å². The van der Waals surface area contributed by atoms with E-state index in [9.17, 15) is 4.79 Å². The molecule has 3 aromatic heterocycles. The van der Waals surface area contributed by atoms with Crippen molar-refractivity contribution < 1.29 is 0 Å². The molecule has 0 fully saturated rings. The third-order valence-electron chi connectivity index (χ3n) is 7.78. The van der Waals surface area contributed by atoms with Gasteiger partial charge in [-0.15, -0.1) is 0 Å². The van der Waals surface area contributed by atoms with E-state index in [-0.39, 0.29) is 5.56 Å². The average molecular weight is 504 g/mol. The summed E-state index contributed by atoms with van der Waals surface area (Å²) in [6, 6.07) is 35.9. The smallest absolute Gasteiger partial charge is 0.267 e. The van der Waals surface area contributed by atoms with Crippen LogP contribution in [-0.2, 0) is 0 Å². The standard InChI is InChI=1S/C33H17N3OS/c37-32-27-16-19(17-29-30(27)36-31(35-32)25-11-5-6-12-28(25)34-33(36)38-29)18-13-14-24-22-9-2-1-7-20(22)21-8-3-4-10-23(21)26(24)15-18/h1-17H. The molecule has 4 nitrogen and oxygen atoms in total. The lowest BCUT2D eigenvalue weighted by Gasteiger charge is -2.12. The lowest BCUT2D eigenvalue weighted by atomic mass is 9.92. The summed E-state index contributed by atoms with van der Waals surface area (Å²) >= 11 is 1.60. The summed E-state index contributed by atoms with van der Waals surface area (Å²) in [5.41, 5.74) is 4.31. The van der Waals surface area contributed by atoms with Crippen LogP contribution in [0.2, 0.25) is 0 Å². The highest BCUT2D eigenvalue weighted by molar-refractivity contribution is 7.23. The average Bonchev–Trinajstić information content (AvgIpc) is 3.34. The SMILES string of the molecule is O=c1nc2c3ccccc3nc3sc4cc(-c5ccc6c7ccccc7c7ccccc7c6c5)cc1c4n32. The predicted molar refractivity (Wildman–Crippen MR) is 159 cm³/mol. The maximum Gasteiger partial charge on any atom is 0.281 e. The van der Waals surface area contributed by atoms with E-state index < -0.39 is 0 Å². The Labute approximate surface area is 219 Å². The maximum atomic E-state index is 13.4. The third-order valence-corrected chi connectivity index (χ3v) is 8.77. The second-order valence-electron chi connectivity index (χ2n) is 9.81. The fraction of sp³-hybridized carbons (Fsp3) is 0. The van der Waals surface area contributed by atoms with E-state index in [4.69, 9.17) is 4.98 Å². The molecule has 9 rings (SSSR count). The Bertz CT molecular complexity index is 2450. The molecule has 176 valence electrons. The lowest BCUT2D eigenvalue weighted by Crippen LogP contribution is -2.11. The Morgan fingerprint density at radius 2 is 1.16 bits per heavy atom. The van der Waals surface area contributed by atoms with Crippen LogP contribution >= 0.6 is 11.3 Å². The van der Waals surface area contributed by atoms with E-state index in [1.807, 2.05) is 34.7 Å². The van der Waals surface area contributed by atoms with Gasteiger partial charge in [-0.2, -0.15) is 4.98 Å². The van der Waals surface area contributed by atoms with E-state index in [1.54, 1.807) is 11.3 Å². The fourth-order valence-electron chi connectivity index (χ4n) is 6.09. The normalized spacial score (nSPS) is 12.3. The van der Waals surface area contributed by atoms with Crippen molar-refractivity contribution >= 4 is 80.8 Å². The first-order chi connectivity index (χ1) is 18.7. The van der Waals surface area contributed by atoms with Gasteiger partial charge in [0.2, 0.25) is 0 Å². The topological polar surface area (TPSA) is 47.3 Å². The van der Waals surface area contributed by atoms with Gasteiger partial charge in [-0.1, -0.05) is 84.1 Å². The van der Waals surface area contributed by atoms with Gasteiger partial charge in [-0.25, -0.2) is 4.98 Å². The molecule has 0 bridgehead atoms. The quantitative estimate of drug-likeness (QED) is 0.212. The zero-order valence-corrected chi connectivity index (χ0v) is 20.8. The Balaban J connectivity index is 1.38. The van der Waals surface area contributed by atoms with Crippen molar-refractivity contribution in [2.75, 3.05) is 0 Å². The molecule has 0 N–H and O–H groups in total. The number of hydrogen-bond acceptors (Lipinski definition) is 4. The maximum absolute atomic E-state index is 13.4. The van der Waals surface area contributed by atoms with Gasteiger partial charge in [0.05, 0.1) is 21.1 Å². The van der Waals surface area contributed by atoms with E-state index in [0.29, 0.717) is 11.0 Å². The number of fused-ring (bicyclic) bond motifs is 8. The van der Waals surface area contributed by atoms with Crippen LogP contribution in [0.25, 0.3) is 80.6 Å². The molecule has 3 heterocycles. The number of benzene rings is 6. The first-order valence-corrected chi connectivity index (χ1v) is 13.4. The van der Waals surface area contributed by atoms with Crippen molar-refractivity contribution in [2.24, 2.45) is 0 Å². The summed E-state index contributed by atoms with van der Waals surface area (Å²) in [6.45, 7) is 0. The van der Waals surface area contributed by atoms with E-state index >= 15 is 0 Å². The van der Waals surface area contributed by atoms with Gasteiger partial charge in [0, 0.05) is 5.39 Å². The molecule has 0 aliphatic carbocycles. The molecular formula is C33H17N3OS. The number of thiazole rings is 1. The lowest BCUT2D eigenvalue weighted by molar-refractivity contribution is 1.17. The van der Waals surface area contributed by atoms with Crippen LogP contribution in [0.3, 0.4) is 0 Å². The first-order valence-electron chi connectivity index (χ1n) is 12.6. The van der Waals surface area contributed by atoms with Crippen LogP contribution in [0.4, 0.5) is 0 Å². The number of rotatable bonds is 1. The molecule has 0 saturated heterocycles. The van der Waals surface area contributed by atoms with Crippen LogP contribution < -0.4 is 5.56 Å². The second-order valence-corrected chi connectivity index (χ2v) is 10.8. The molecule has 0 amide bonds. The Hall–Kier alpha value is -4.87. The van der Waals surface area contributed by atoms with Gasteiger partial charge in [0.25, 0.3) is 5.56 Å². The van der Waals surface area contributed by atoms with Crippen LogP contribution in [-0.4, -0.2) is 14.4 Å². The molecule has 0 saturated carbocycles. The molecular weight excluding hydrogens is 486 g/mol. The minimum Gasteiger partial charge on any atom is -0.267 e. The number of aromatic nitrogens is 3. The van der Waals surface area contributed by atoms with Gasteiger partial charge >= 0.3 is 0 Å². The molecule has 0 aliphatic rings. The monoisotopic (exact) mass is 503 g/mol. The van der Waals surface area contributed by atoms with E-state index in [1.165, 1.54) is 32.3 Å².